The van der Waals surface area contributed by atoms with Gasteiger partial charge in [0.25, 0.3) is 0 Å². The van der Waals surface area contributed by atoms with Gasteiger partial charge in [0.15, 0.2) is 0 Å². The number of ether oxygens (including phenoxy) is 1. The largest absolute Gasteiger partial charge is 0.497 e. The van der Waals surface area contributed by atoms with Gasteiger partial charge in [-0.2, -0.15) is 0 Å². The Kier molecular flexibility index (Phi) is 6.67. The van der Waals surface area contributed by atoms with Crippen molar-refractivity contribution in [2.75, 3.05) is 13.7 Å². The molecule has 0 bridgehead atoms. The number of benzene rings is 2. The zero-order valence-electron chi connectivity index (χ0n) is 13.9. The Morgan fingerprint density at radius 2 is 1.78 bits per heavy atom. The highest BCUT2D eigenvalue weighted by Crippen LogP contribution is 2.21. The number of nitrogens with one attached hydrogen (secondary N) is 1. The normalized spacial score (nSPS) is 11.7. The molecule has 23 heavy (non-hydrogen) atoms. The molecule has 3 heteroatoms. The zero-order chi connectivity index (χ0) is 16.5. The SMILES string of the molecule is COc1ccc(C(C)CC(=O)NCCCc2ccccc2)cc1. The Morgan fingerprint density at radius 3 is 2.43 bits per heavy atom. The highest BCUT2D eigenvalue weighted by atomic mass is 16.5. The minimum absolute atomic E-state index is 0.112. The first-order valence-electron chi connectivity index (χ1n) is 8.13. The lowest BCUT2D eigenvalue weighted by Gasteiger charge is -2.12. The molecular weight excluding hydrogens is 286 g/mol. The van der Waals surface area contributed by atoms with E-state index in [1.807, 2.05) is 42.5 Å². The smallest absolute Gasteiger partial charge is 0.220 e. The van der Waals surface area contributed by atoms with Crippen LogP contribution in [0.25, 0.3) is 0 Å². The molecule has 0 heterocycles. The van der Waals surface area contributed by atoms with Gasteiger partial charge in [0.05, 0.1) is 7.11 Å². The number of rotatable bonds is 8. The summed E-state index contributed by atoms with van der Waals surface area (Å²) in [5.74, 6) is 1.16. The summed E-state index contributed by atoms with van der Waals surface area (Å²) in [5.41, 5.74) is 2.47. The molecule has 1 amide bonds. The third-order valence-electron chi connectivity index (χ3n) is 3.98. The minimum Gasteiger partial charge on any atom is -0.497 e. The second-order valence-electron chi connectivity index (χ2n) is 5.82. The quantitative estimate of drug-likeness (QED) is 0.750. The maximum atomic E-state index is 12.0. The molecule has 0 aliphatic heterocycles. The van der Waals surface area contributed by atoms with Gasteiger partial charge < -0.3 is 10.1 Å². The van der Waals surface area contributed by atoms with Gasteiger partial charge in [-0.25, -0.2) is 0 Å². The average molecular weight is 311 g/mol. The number of methoxy groups -OCH3 is 1. The van der Waals surface area contributed by atoms with Crippen molar-refractivity contribution < 1.29 is 9.53 Å². The summed E-state index contributed by atoms with van der Waals surface area (Å²) in [6, 6.07) is 18.3. The minimum atomic E-state index is 0.112. The number of carbonyl (C=O) groups is 1. The van der Waals surface area contributed by atoms with Crippen LogP contribution >= 0.6 is 0 Å². The topological polar surface area (TPSA) is 38.3 Å². The molecule has 0 spiro atoms. The van der Waals surface area contributed by atoms with Gasteiger partial charge in [0.1, 0.15) is 5.75 Å². The van der Waals surface area contributed by atoms with E-state index in [0.29, 0.717) is 6.42 Å². The lowest BCUT2D eigenvalue weighted by molar-refractivity contribution is -0.121. The van der Waals surface area contributed by atoms with Gasteiger partial charge in [-0.05, 0) is 42.0 Å². The number of hydrogen-bond donors (Lipinski definition) is 1. The Morgan fingerprint density at radius 1 is 1.09 bits per heavy atom. The first-order chi connectivity index (χ1) is 11.2. The first-order valence-corrected chi connectivity index (χ1v) is 8.13. The van der Waals surface area contributed by atoms with Crippen molar-refractivity contribution in [3.63, 3.8) is 0 Å². The van der Waals surface area contributed by atoms with Crippen molar-refractivity contribution in [1.29, 1.82) is 0 Å². The number of aryl methyl sites for hydroxylation is 1. The molecule has 1 unspecified atom stereocenters. The second-order valence-corrected chi connectivity index (χ2v) is 5.82. The third-order valence-corrected chi connectivity index (χ3v) is 3.98. The fourth-order valence-corrected chi connectivity index (χ4v) is 2.57. The highest BCUT2D eigenvalue weighted by molar-refractivity contribution is 5.76. The maximum absolute atomic E-state index is 12.0. The summed E-state index contributed by atoms with van der Waals surface area (Å²) in [7, 11) is 1.65. The molecule has 2 aromatic carbocycles. The zero-order valence-corrected chi connectivity index (χ0v) is 13.9. The van der Waals surface area contributed by atoms with Crippen LogP contribution in [-0.2, 0) is 11.2 Å². The van der Waals surface area contributed by atoms with Crippen LogP contribution in [0.1, 0.15) is 36.8 Å². The van der Waals surface area contributed by atoms with Crippen molar-refractivity contribution in [3.8, 4) is 5.75 Å². The van der Waals surface area contributed by atoms with E-state index < -0.39 is 0 Å². The van der Waals surface area contributed by atoms with Gasteiger partial charge in [-0.3, -0.25) is 4.79 Å². The predicted octanol–water partition coefficient (Wildman–Crippen LogP) is 3.94. The van der Waals surface area contributed by atoms with Gasteiger partial charge in [0, 0.05) is 13.0 Å². The number of amides is 1. The van der Waals surface area contributed by atoms with Gasteiger partial charge >= 0.3 is 0 Å². The van der Waals surface area contributed by atoms with Crippen LogP contribution in [-0.4, -0.2) is 19.6 Å². The van der Waals surface area contributed by atoms with E-state index in [4.69, 9.17) is 4.74 Å². The summed E-state index contributed by atoms with van der Waals surface area (Å²) in [4.78, 5) is 12.0. The van der Waals surface area contributed by atoms with Crippen molar-refractivity contribution >= 4 is 5.91 Å². The molecule has 2 aromatic rings. The van der Waals surface area contributed by atoms with E-state index in [-0.39, 0.29) is 11.8 Å². The number of carbonyl (C=O) groups excluding carboxylic acids is 1. The van der Waals surface area contributed by atoms with Crippen LogP contribution in [0.15, 0.2) is 54.6 Å². The molecule has 2 rings (SSSR count). The summed E-state index contributed by atoms with van der Waals surface area (Å²) < 4.78 is 5.15. The van der Waals surface area contributed by atoms with Crippen LogP contribution in [0.5, 0.6) is 5.75 Å². The van der Waals surface area contributed by atoms with Gasteiger partial charge in [-0.15, -0.1) is 0 Å². The summed E-state index contributed by atoms with van der Waals surface area (Å²) in [6.45, 7) is 2.80. The molecule has 3 nitrogen and oxygen atoms in total. The molecule has 1 atom stereocenters. The van der Waals surface area contributed by atoms with Crippen LogP contribution in [0.4, 0.5) is 0 Å². The predicted molar refractivity (Wildman–Crippen MR) is 93.8 cm³/mol. The maximum Gasteiger partial charge on any atom is 0.220 e. The Labute approximate surface area is 138 Å². The molecule has 122 valence electrons. The van der Waals surface area contributed by atoms with Crippen molar-refractivity contribution in [2.45, 2.75) is 32.1 Å². The molecular formula is C20H25NO2. The van der Waals surface area contributed by atoms with Crippen molar-refractivity contribution in [2.24, 2.45) is 0 Å². The summed E-state index contributed by atoms with van der Waals surface area (Å²) in [6.07, 6.45) is 2.47. The van der Waals surface area contributed by atoms with E-state index in [1.165, 1.54) is 5.56 Å². The molecule has 0 aliphatic carbocycles. The fraction of sp³-hybridized carbons (Fsp3) is 0.350. The first kappa shape index (κ1) is 17.1. The molecule has 0 saturated carbocycles. The molecule has 0 saturated heterocycles. The Balaban J connectivity index is 1.69. The second kappa shape index (κ2) is 8.99. The van der Waals surface area contributed by atoms with Crippen molar-refractivity contribution in [3.05, 3.63) is 65.7 Å². The highest BCUT2D eigenvalue weighted by Gasteiger charge is 2.11. The van der Waals surface area contributed by atoms with E-state index in [1.54, 1.807) is 7.11 Å². The Bertz CT molecular complexity index is 593. The van der Waals surface area contributed by atoms with E-state index in [0.717, 1.165) is 30.7 Å². The van der Waals surface area contributed by atoms with Gasteiger partial charge in [0.2, 0.25) is 5.91 Å². The van der Waals surface area contributed by atoms with Gasteiger partial charge in [-0.1, -0.05) is 49.4 Å². The van der Waals surface area contributed by atoms with Crippen LogP contribution in [0, 0.1) is 0 Å². The molecule has 1 N–H and O–H groups in total. The van der Waals surface area contributed by atoms with Crippen molar-refractivity contribution in [1.82, 2.24) is 5.32 Å². The molecule has 0 radical (unpaired) electrons. The standard InChI is InChI=1S/C20H25NO2/c1-16(18-10-12-19(23-2)13-11-18)15-20(22)21-14-6-9-17-7-4-3-5-8-17/h3-5,7-8,10-13,16H,6,9,14-15H2,1-2H3,(H,21,22). The van der Waals surface area contributed by atoms with E-state index >= 15 is 0 Å². The van der Waals surface area contributed by atoms with Crippen LogP contribution in [0.2, 0.25) is 0 Å². The van der Waals surface area contributed by atoms with Crippen LogP contribution in [0.3, 0.4) is 0 Å². The molecule has 0 aliphatic rings. The summed E-state index contributed by atoms with van der Waals surface area (Å²) >= 11 is 0. The van der Waals surface area contributed by atoms with Crippen LogP contribution < -0.4 is 10.1 Å². The Hall–Kier alpha value is -2.29. The average Bonchev–Trinajstić information content (AvgIpc) is 2.59. The fourth-order valence-electron chi connectivity index (χ4n) is 2.57. The lowest BCUT2D eigenvalue weighted by atomic mass is 9.97. The molecule has 0 aromatic heterocycles. The third kappa shape index (κ3) is 5.78. The number of hydrogen-bond acceptors (Lipinski definition) is 2. The monoisotopic (exact) mass is 311 g/mol. The van der Waals surface area contributed by atoms with E-state index in [2.05, 4.69) is 24.4 Å². The summed E-state index contributed by atoms with van der Waals surface area (Å²) in [5, 5.41) is 3.01. The molecule has 0 fully saturated rings. The lowest BCUT2D eigenvalue weighted by Crippen LogP contribution is -2.25. The van der Waals surface area contributed by atoms with E-state index in [9.17, 15) is 4.79 Å².